The quantitative estimate of drug-likeness (QED) is 0.650. The molecule has 0 unspecified atom stereocenters. The fraction of sp³-hybridized carbons (Fsp3) is 0.143. The largest absolute Gasteiger partial charge is 0.435 e. The van der Waals surface area contributed by atoms with Gasteiger partial charge in [-0.25, -0.2) is 0 Å². The number of rotatable bonds is 6. The van der Waals surface area contributed by atoms with Gasteiger partial charge in [0, 0.05) is 30.4 Å². The number of alkyl halides is 2. The van der Waals surface area contributed by atoms with E-state index in [1.807, 2.05) is 0 Å². The van der Waals surface area contributed by atoms with Crippen molar-refractivity contribution in [3.63, 3.8) is 0 Å². The smallest absolute Gasteiger partial charge is 0.387 e. The topological polar surface area (TPSA) is 64.4 Å². The summed E-state index contributed by atoms with van der Waals surface area (Å²) in [7, 11) is 0. The lowest BCUT2D eigenvalue weighted by molar-refractivity contribution is -0.384. The molecule has 0 fully saturated rings. The molecule has 0 saturated carbocycles. The van der Waals surface area contributed by atoms with Crippen molar-refractivity contribution in [1.82, 2.24) is 0 Å². The van der Waals surface area contributed by atoms with Gasteiger partial charge in [-0.3, -0.25) is 10.1 Å². The van der Waals surface area contributed by atoms with Crippen molar-refractivity contribution in [2.24, 2.45) is 0 Å². The molecule has 5 nitrogen and oxygen atoms in total. The van der Waals surface area contributed by atoms with Crippen LogP contribution in [0.15, 0.2) is 48.5 Å². The van der Waals surface area contributed by atoms with E-state index in [1.54, 1.807) is 24.3 Å². The first-order valence-corrected chi connectivity index (χ1v) is 6.06. The second-order valence-corrected chi connectivity index (χ2v) is 4.18. The lowest BCUT2D eigenvalue weighted by atomic mass is 10.2. The Labute approximate surface area is 119 Å². The molecule has 0 aliphatic carbocycles. The molecule has 1 N–H and O–H groups in total. The monoisotopic (exact) mass is 294 g/mol. The predicted octanol–water partition coefficient (Wildman–Crippen LogP) is 3.81. The van der Waals surface area contributed by atoms with Gasteiger partial charge in [0.1, 0.15) is 5.75 Å². The third-order valence-electron chi connectivity index (χ3n) is 2.70. The second kappa shape index (κ2) is 6.65. The average molecular weight is 294 g/mol. The van der Waals surface area contributed by atoms with Crippen molar-refractivity contribution >= 4 is 11.4 Å². The van der Waals surface area contributed by atoms with Gasteiger partial charge in [0.05, 0.1) is 4.92 Å². The van der Waals surface area contributed by atoms with E-state index in [4.69, 9.17) is 0 Å². The molecule has 0 atom stereocenters. The first kappa shape index (κ1) is 14.7. The molecule has 7 heteroatoms. The van der Waals surface area contributed by atoms with Gasteiger partial charge in [0.2, 0.25) is 0 Å². The molecule has 0 saturated heterocycles. The van der Waals surface area contributed by atoms with Crippen LogP contribution in [0.25, 0.3) is 0 Å². The highest BCUT2D eigenvalue weighted by Gasteiger charge is 2.06. The molecule has 0 radical (unpaired) electrons. The number of halogens is 2. The maximum atomic E-state index is 12.1. The van der Waals surface area contributed by atoms with Crippen LogP contribution >= 0.6 is 0 Å². The molecule has 0 bridgehead atoms. The van der Waals surface area contributed by atoms with Gasteiger partial charge in [-0.05, 0) is 17.7 Å². The molecule has 0 aromatic heterocycles. The number of hydrogen-bond acceptors (Lipinski definition) is 4. The van der Waals surface area contributed by atoms with Crippen LogP contribution in [0.5, 0.6) is 5.75 Å². The van der Waals surface area contributed by atoms with Crippen LogP contribution in [0, 0.1) is 10.1 Å². The number of nitrogens with one attached hydrogen (secondary N) is 1. The van der Waals surface area contributed by atoms with Gasteiger partial charge in [-0.2, -0.15) is 8.78 Å². The van der Waals surface area contributed by atoms with Crippen LogP contribution in [0.1, 0.15) is 5.56 Å². The molecule has 0 aliphatic heterocycles. The lowest BCUT2D eigenvalue weighted by Gasteiger charge is -2.09. The van der Waals surface area contributed by atoms with E-state index in [2.05, 4.69) is 10.1 Å². The zero-order valence-corrected chi connectivity index (χ0v) is 10.8. The molecule has 0 aliphatic rings. The summed E-state index contributed by atoms with van der Waals surface area (Å²) in [5.41, 5.74) is 1.47. The Morgan fingerprint density at radius 2 is 1.90 bits per heavy atom. The van der Waals surface area contributed by atoms with Crippen LogP contribution in [0.3, 0.4) is 0 Å². The molecule has 0 amide bonds. The molecular formula is C14H12F2N2O3. The van der Waals surface area contributed by atoms with E-state index < -0.39 is 11.5 Å². The predicted molar refractivity (Wildman–Crippen MR) is 73.5 cm³/mol. The molecule has 2 rings (SSSR count). The standard InChI is InChI=1S/C14H12F2N2O3/c15-14(16)21-13-3-1-2-11(8-13)17-9-10-4-6-12(7-5-10)18(19)20/h1-8,14,17H,9H2. The minimum absolute atomic E-state index is 0.0195. The number of ether oxygens (including phenoxy) is 1. The summed E-state index contributed by atoms with van der Waals surface area (Å²) >= 11 is 0. The number of benzene rings is 2. The third kappa shape index (κ3) is 4.41. The van der Waals surface area contributed by atoms with E-state index in [1.165, 1.54) is 24.3 Å². The van der Waals surface area contributed by atoms with Gasteiger partial charge >= 0.3 is 6.61 Å². The number of non-ortho nitro benzene ring substituents is 1. The van der Waals surface area contributed by atoms with Gasteiger partial charge < -0.3 is 10.1 Å². The first-order chi connectivity index (χ1) is 10.0. The highest BCUT2D eigenvalue weighted by atomic mass is 19.3. The average Bonchev–Trinajstić information content (AvgIpc) is 2.45. The third-order valence-corrected chi connectivity index (χ3v) is 2.70. The zero-order valence-electron chi connectivity index (χ0n) is 10.8. The fourth-order valence-electron chi connectivity index (χ4n) is 1.72. The van der Waals surface area contributed by atoms with Gasteiger partial charge in [-0.1, -0.05) is 18.2 Å². The summed E-state index contributed by atoms with van der Waals surface area (Å²) in [6, 6.07) is 12.3. The number of anilines is 1. The Hall–Kier alpha value is -2.70. The molecule has 21 heavy (non-hydrogen) atoms. The normalized spacial score (nSPS) is 10.4. The number of nitro groups is 1. The van der Waals surface area contributed by atoms with E-state index in [0.717, 1.165) is 5.56 Å². The van der Waals surface area contributed by atoms with Crippen LogP contribution < -0.4 is 10.1 Å². The number of nitrogens with zero attached hydrogens (tertiary/aromatic N) is 1. The summed E-state index contributed by atoms with van der Waals surface area (Å²) in [5, 5.41) is 13.6. The summed E-state index contributed by atoms with van der Waals surface area (Å²) in [5.74, 6) is 0.0682. The maximum absolute atomic E-state index is 12.1. The minimum Gasteiger partial charge on any atom is -0.435 e. The van der Waals surface area contributed by atoms with Crippen molar-refractivity contribution in [2.75, 3.05) is 5.32 Å². The van der Waals surface area contributed by atoms with Gasteiger partial charge in [0.25, 0.3) is 5.69 Å². The Morgan fingerprint density at radius 3 is 2.52 bits per heavy atom. The highest BCUT2D eigenvalue weighted by Crippen LogP contribution is 2.20. The Morgan fingerprint density at radius 1 is 1.19 bits per heavy atom. The van der Waals surface area contributed by atoms with E-state index in [9.17, 15) is 18.9 Å². The summed E-state index contributed by atoms with van der Waals surface area (Å²) in [4.78, 5) is 10.1. The second-order valence-electron chi connectivity index (χ2n) is 4.18. The van der Waals surface area contributed by atoms with Gasteiger partial charge in [-0.15, -0.1) is 0 Å². The molecule has 2 aromatic carbocycles. The SMILES string of the molecule is O=[N+]([O-])c1ccc(CNc2cccc(OC(F)F)c2)cc1. The van der Waals surface area contributed by atoms with Crippen LogP contribution in [0.2, 0.25) is 0 Å². The molecule has 0 heterocycles. The maximum Gasteiger partial charge on any atom is 0.387 e. The molecule has 0 spiro atoms. The van der Waals surface area contributed by atoms with Crippen molar-refractivity contribution in [1.29, 1.82) is 0 Å². The molecular weight excluding hydrogens is 282 g/mol. The zero-order chi connectivity index (χ0) is 15.2. The van der Waals surface area contributed by atoms with Gasteiger partial charge in [0.15, 0.2) is 0 Å². The number of nitro benzene ring substituents is 1. The Kier molecular flexibility index (Phi) is 4.65. The Bertz CT molecular complexity index is 618. The van der Waals surface area contributed by atoms with Crippen LogP contribution in [-0.4, -0.2) is 11.5 Å². The van der Waals surface area contributed by atoms with Crippen LogP contribution in [-0.2, 0) is 6.54 Å². The number of hydrogen-bond donors (Lipinski definition) is 1. The van der Waals surface area contributed by atoms with E-state index in [0.29, 0.717) is 12.2 Å². The molecule has 2 aromatic rings. The van der Waals surface area contributed by atoms with Crippen molar-refractivity contribution in [3.8, 4) is 5.75 Å². The lowest BCUT2D eigenvalue weighted by Crippen LogP contribution is -2.03. The van der Waals surface area contributed by atoms with E-state index >= 15 is 0 Å². The van der Waals surface area contributed by atoms with E-state index in [-0.39, 0.29) is 11.4 Å². The van der Waals surface area contributed by atoms with Crippen LogP contribution in [0.4, 0.5) is 20.2 Å². The molecule has 110 valence electrons. The van der Waals surface area contributed by atoms with Crippen molar-refractivity contribution in [2.45, 2.75) is 13.2 Å². The minimum atomic E-state index is -2.87. The fourth-order valence-corrected chi connectivity index (χ4v) is 1.72. The van der Waals surface area contributed by atoms with Crippen molar-refractivity contribution in [3.05, 3.63) is 64.2 Å². The summed E-state index contributed by atoms with van der Waals surface area (Å²) in [6.07, 6.45) is 0. The van der Waals surface area contributed by atoms with Crippen molar-refractivity contribution < 1.29 is 18.4 Å². The summed E-state index contributed by atoms with van der Waals surface area (Å²) < 4.78 is 28.5. The Balaban J connectivity index is 1.97. The first-order valence-electron chi connectivity index (χ1n) is 6.06. The summed E-state index contributed by atoms with van der Waals surface area (Å²) in [6.45, 7) is -2.45. The highest BCUT2D eigenvalue weighted by molar-refractivity contribution is 5.48.